The number of hydrogen-bond donors (Lipinski definition) is 0. The zero-order valence-corrected chi connectivity index (χ0v) is 11.7. The van der Waals surface area contributed by atoms with E-state index in [1.54, 1.807) is 0 Å². The van der Waals surface area contributed by atoms with Gasteiger partial charge in [-0.3, -0.25) is 9.59 Å². The summed E-state index contributed by atoms with van der Waals surface area (Å²) in [6, 6.07) is 9.69. The molecule has 0 aliphatic rings. The zero-order valence-electron chi connectivity index (χ0n) is 11.7. The molecule has 106 valence electrons. The molecule has 0 aromatic heterocycles. The third kappa shape index (κ3) is 4.41. The maximum absolute atomic E-state index is 11.6. The summed E-state index contributed by atoms with van der Waals surface area (Å²) in [7, 11) is 2.49. The monoisotopic (exact) mass is 274 g/mol. The summed E-state index contributed by atoms with van der Waals surface area (Å²) < 4.78 is 9.26. The number of ether oxygens (including phenoxy) is 2. The average Bonchev–Trinajstić information content (AvgIpc) is 2.50. The Morgan fingerprint density at radius 2 is 1.70 bits per heavy atom. The second-order valence-electron chi connectivity index (χ2n) is 4.25. The van der Waals surface area contributed by atoms with Gasteiger partial charge in [0, 0.05) is 12.8 Å². The van der Waals surface area contributed by atoms with E-state index in [4.69, 9.17) is 0 Å². The lowest BCUT2D eigenvalue weighted by molar-refractivity contribution is -0.158. The maximum atomic E-state index is 11.6. The normalized spacial score (nSPS) is 9.75. The molecule has 20 heavy (non-hydrogen) atoms. The van der Waals surface area contributed by atoms with Crippen LogP contribution in [0.3, 0.4) is 0 Å². The summed E-state index contributed by atoms with van der Waals surface area (Å²) in [6.45, 7) is 3.61. The second kappa shape index (κ2) is 7.97. The minimum absolute atomic E-state index is 0.192. The van der Waals surface area contributed by atoms with Crippen LogP contribution in [0.1, 0.15) is 12.0 Å². The van der Waals surface area contributed by atoms with Gasteiger partial charge in [0.25, 0.3) is 0 Å². The second-order valence-corrected chi connectivity index (χ2v) is 4.25. The minimum atomic E-state index is -0.974. The van der Waals surface area contributed by atoms with Gasteiger partial charge in [-0.25, -0.2) is 0 Å². The summed E-state index contributed by atoms with van der Waals surface area (Å²) in [4.78, 5) is 23.3. The highest BCUT2D eigenvalue weighted by molar-refractivity contribution is 5.95. The maximum Gasteiger partial charge on any atom is 0.320 e. The molecule has 0 spiro atoms. The van der Waals surface area contributed by atoms with Crippen LogP contribution in [0, 0.1) is 5.92 Å². The number of allylic oxidation sites excluding steroid dienone is 1. The van der Waals surface area contributed by atoms with Gasteiger partial charge < -0.3 is 9.47 Å². The zero-order chi connectivity index (χ0) is 15.0. The Labute approximate surface area is 118 Å². The standard InChI is InChI=1S/C16H18O4/c1-4-12(10-13-8-6-5-7-9-13)11-14(15(17)19-2)16(18)20-3/h5-9,14H,1,10-11H2,2-3H3. The van der Waals surface area contributed by atoms with Gasteiger partial charge in [-0.2, -0.15) is 0 Å². The molecule has 0 aliphatic heterocycles. The van der Waals surface area contributed by atoms with Crippen LogP contribution in [0.2, 0.25) is 0 Å². The smallest absolute Gasteiger partial charge is 0.320 e. The number of benzene rings is 1. The molecule has 1 aromatic rings. The average molecular weight is 274 g/mol. The molecule has 4 nitrogen and oxygen atoms in total. The topological polar surface area (TPSA) is 52.6 Å². The van der Waals surface area contributed by atoms with Crippen LogP contribution in [0.5, 0.6) is 0 Å². The first-order valence-electron chi connectivity index (χ1n) is 6.19. The highest BCUT2D eigenvalue weighted by Gasteiger charge is 2.29. The van der Waals surface area contributed by atoms with E-state index < -0.39 is 17.9 Å². The number of rotatable bonds is 6. The highest BCUT2D eigenvalue weighted by Crippen LogP contribution is 2.18. The fraction of sp³-hybridized carbons (Fsp3) is 0.312. The van der Waals surface area contributed by atoms with E-state index in [9.17, 15) is 9.59 Å². The first kappa shape index (κ1) is 15.7. The first-order chi connectivity index (χ1) is 9.62. The van der Waals surface area contributed by atoms with Gasteiger partial charge in [0.2, 0.25) is 0 Å². The number of methoxy groups -OCH3 is 2. The quantitative estimate of drug-likeness (QED) is 0.454. The van der Waals surface area contributed by atoms with Crippen LogP contribution in [0.25, 0.3) is 0 Å². The van der Waals surface area contributed by atoms with Crippen LogP contribution >= 0.6 is 0 Å². The molecule has 0 saturated carbocycles. The molecule has 0 radical (unpaired) electrons. The lowest BCUT2D eigenvalue weighted by Gasteiger charge is -2.13. The molecular formula is C16H18O4. The molecule has 4 heteroatoms. The fourth-order valence-electron chi connectivity index (χ4n) is 1.84. The molecule has 0 fully saturated rings. The Balaban J connectivity index is 2.82. The molecule has 1 rings (SSSR count). The molecule has 0 N–H and O–H groups in total. The third-order valence-corrected chi connectivity index (χ3v) is 2.93. The Morgan fingerprint density at radius 3 is 2.15 bits per heavy atom. The van der Waals surface area contributed by atoms with Crippen LogP contribution in [-0.2, 0) is 25.5 Å². The predicted octanol–water partition coefficient (Wildman–Crippen LogP) is 2.29. The summed E-state index contributed by atoms with van der Waals surface area (Å²) in [6.07, 6.45) is 0.770. The molecule has 1 aromatic carbocycles. The summed E-state index contributed by atoms with van der Waals surface area (Å²) in [5.41, 5.74) is 4.61. The van der Waals surface area contributed by atoms with Crippen molar-refractivity contribution in [2.24, 2.45) is 5.92 Å². The minimum Gasteiger partial charge on any atom is -0.468 e. The van der Waals surface area contributed by atoms with Crippen molar-refractivity contribution in [3.05, 3.63) is 53.8 Å². The van der Waals surface area contributed by atoms with Crippen LogP contribution in [0.15, 0.2) is 48.2 Å². The highest BCUT2D eigenvalue weighted by atomic mass is 16.5. The van der Waals surface area contributed by atoms with Crippen molar-refractivity contribution >= 4 is 11.9 Å². The Hall–Kier alpha value is -2.32. The number of carbonyl (C=O) groups is 2. The number of esters is 2. The number of carbonyl (C=O) groups excluding carboxylic acids is 2. The van der Waals surface area contributed by atoms with E-state index in [2.05, 4.69) is 21.8 Å². The van der Waals surface area contributed by atoms with Crippen molar-refractivity contribution in [3.63, 3.8) is 0 Å². The first-order valence-corrected chi connectivity index (χ1v) is 6.19. The molecule has 0 unspecified atom stereocenters. The fourth-order valence-corrected chi connectivity index (χ4v) is 1.84. The molecular weight excluding hydrogens is 256 g/mol. The third-order valence-electron chi connectivity index (χ3n) is 2.93. The van der Waals surface area contributed by atoms with Crippen molar-refractivity contribution in [3.8, 4) is 0 Å². The molecule has 0 heterocycles. The van der Waals surface area contributed by atoms with E-state index in [-0.39, 0.29) is 6.42 Å². The molecule has 0 aliphatic carbocycles. The number of hydrogen-bond acceptors (Lipinski definition) is 4. The summed E-state index contributed by atoms with van der Waals surface area (Å²) >= 11 is 0. The van der Waals surface area contributed by atoms with Gasteiger partial charge in [0.05, 0.1) is 14.2 Å². The Bertz CT molecular complexity index is 497. The summed E-state index contributed by atoms with van der Waals surface area (Å²) in [5.74, 6) is -2.20. The Morgan fingerprint density at radius 1 is 1.15 bits per heavy atom. The van der Waals surface area contributed by atoms with E-state index in [0.29, 0.717) is 6.42 Å². The lowest BCUT2D eigenvalue weighted by atomic mass is 9.95. The van der Waals surface area contributed by atoms with Crippen molar-refractivity contribution in [2.45, 2.75) is 12.8 Å². The van der Waals surface area contributed by atoms with Crippen molar-refractivity contribution in [1.29, 1.82) is 0 Å². The van der Waals surface area contributed by atoms with Crippen molar-refractivity contribution in [1.82, 2.24) is 0 Å². The van der Waals surface area contributed by atoms with E-state index >= 15 is 0 Å². The van der Waals surface area contributed by atoms with Gasteiger partial charge >= 0.3 is 11.9 Å². The van der Waals surface area contributed by atoms with Gasteiger partial charge in [-0.05, 0) is 11.1 Å². The lowest BCUT2D eigenvalue weighted by Crippen LogP contribution is -2.27. The van der Waals surface area contributed by atoms with Crippen LogP contribution in [-0.4, -0.2) is 26.2 Å². The van der Waals surface area contributed by atoms with Crippen LogP contribution < -0.4 is 0 Å². The van der Waals surface area contributed by atoms with E-state index in [1.165, 1.54) is 14.2 Å². The SMILES string of the molecule is C=C=C(Cc1ccccc1)CC(C(=O)OC)C(=O)OC. The van der Waals surface area contributed by atoms with Crippen molar-refractivity contribution < 1.29 is 19.1 Å². The summed E-state index contributed by atoms with van der Waals surface area (Å²) in [5, 5.41) is 0. The molecule has 0 bridgehead atoms. The van der Waals surface area contributed by atoms with Gasteiger partial charge in [-0.1, -0.05) is 36.9 Å². The van der Waals surface area contributed by atoms with Gasteiger partial charge in [-0.15, -0.1) is 5.73 Å². The largest absolute Gasteiger partial charge is 0.468 e. The van der Waals surface area contributed by atoms with Crippen LogP contribution in [0.4, 0.5) is 0 Å². The van der Waals surface area contributed by atoms with Gasteiger partial charge in [0.1, 0.15) is 0 Å². The van der Waals surface area contributed by atoms with Gasteiger partial charge in [0.15, 0.2) is 5.92 Å². The molecule has 0 atom stereocenters. The predicted molar refractivity (Wildman–Crippen MR) is 74.9 cm³/mol. The van der Waals surface area contributed by atoms with E-state index in [1.807, 2.05) is 30.3 Å². The van der Waals surface area contributed by atoms with E-state index in [0.717, 1.165) is 11.1 Å². The Kier molecular flexibility index (Phi) is 6.27. The molecule has 0 saturated heterocycles. The van der Waals surface area contributed by atoms with Crippen molar-refractivity contribution in [2.75, 3.05) is 14.2 Å². The molecule has 0 amide bonds.